The molecule has 0 unspecified atom stereocenters. The largest absolute Gasteiger partial charge is 0.483 e. The van der Waals surface area contributed by atoms with Crippen molar-refractivity contribution in [3.05, 3.63) is 97.2 Å². The van der Waals surface area contributed by atoms with E-state index in [1.54, 1.807) is 24.3 Å². The zero-order valence-corrected chi connectivity index (χ0v) is 26.0. The third kappa shape index (κ3) is 9.10. The Labute approximate surface area is 262 Å². The van der Waals surface area contributed by atoms with Gasteiger partial charge in [-0.15, -0.1) is 0 Å². The standard InChI is InChI=1S/C32H35FN6O2S.CH2O2/c1-3-38(4-2)18-5-6-19-39-20-17-25-21-24(7-16-31(25)39)30-22-32(35-23-34-30)36-27-10-12-28(13-11-27)37-42(40,41)29-14-8-26(33)9-15-29;2-1-3/h7-17,20-23,37H,3-6,18-19H2,1-2H3,(H,34,35,36);1H,(H,2,3). The van der Waals surface area contributed by atoms with Gasteiger partial charge in [0.25, 0.3) is 16.5 Å². The summed E-state index contributed by atoms with van der Waals surface area (Å²) < 4.78 is 43.1. The summed E-state index contributed by atoms with van der Waals surface area (Å²) in [7, 11) is -3.82. The van der Waals surface area contributed by atoms with Gasteiger partial charge in [0.1, 0.15) is 18.0 Å². The monoisotopic (exact) mass is 632 g/mol. The molecule has 0 radical (unpaired) electrons. The molecule has 0 aliphatic heterocycles. The molecule has 45 heavy (non-hydrogen) atoms. The highest BCUT2D eigenvalue weighted by atomic mass is 32.2. The van der Waals surface area contributed by atoms with Crippen LogP contribution < -0.4 is 10.0 Å². The number of fused-ring (bicyclic) bond motifs is 1. The minimum absolute atomic E-state index is 0.0137. The van der Waals surface area contributed by atoms with Gasteiger partial charge in [0.15, 0.2) is 0 Å². The lowest BCUT2D eigenvalue weighted by Crippen LogP contribution is -2.24. The van der Waals surface area contributed by atoms with Gasteiger partial charge in [-0.25, -0.2) is 22.8 Å². The number of hydrogen-bond donors (Lipinski definition) is 3. The summed E-state index contributed by atoms with van der Waals surface area (Å²) in [6, 6.07) is 21.9. The fourth-order valence-electron chi connectivity index (χ4n) is 4.89. The summed E-state index contributed by atoms with van der Waals surface area (Å²) in [5, 5.41) is 11.3. The van der Waals surface area contributed by atoms with E-state index in [0.717, 1.165) is 61.7 Å². The van der Waals surface area contributed by atoms with Crippen LogP contribution in [0.4, 0.5) is 21.6 Å². The first-order valence-electron chi connectivity index (χ1n) is 14.6. The molecule has 2 heterocycles. The number of rotatable bonds is 13. The molecule has 3 aromatic carbocycles. The number of nitrogens with zero attached hydrogens (tertiary/aromatic N) is 4. The van der Waals surface area contributed by atoms with Crippen LogP contribution in [0.3, 0.4) is 0 Å². The average Bonchev–Trinajstić information content (AvgIpc) is 3.45. The Balaban J connectivity index is 0.00000148. The third-order valence-corrected chi connectivity index (χ3v) is 8.68. The first kappa shape index (κ1) is 33.1. The Morgan fingerprint density at radius 1 is 0.911 bits per heavy atom. The Morgan fingerprint density at radius 3 is 2.29 bits per heavy atom. The van der Waals surface area contributed by atoms with Gasteiger partial charge in [0, 0.05) is 46.6 Å². The van der Waals surface area contributed by atoms with E-state index in [0.29, 0.717) is 11.5 Å². The summed E-state index contributed by atoms with van der Waals surface area (Å²) in [4.78, 5) is 19.6. The van der Waals surface area contributed by atoms with Gasteiger partial charge < -0.3 is 19.9 Å². The topological polar surface area (TPSA) is 129 Å². The van der Waals surface area contributed by atoms with Gasteiger partial charge in [-0.1, -0.05) is 19.9 Å². The van der Waals surface area contributed by atoms with E-state index in [-0.39, 0.29) is 11.4 Å². The first-order chi connectivity index (χ1) is 21.8. The quantitative estimate of drug-likeness (QED) is 0.0978. The normalized spacial score (nSPS) is 11.2. The highest BCUT2D eigenvalue weighted by molar-refractivity contribution is 7.92. The molecular weight excluding hydrogens is 595 g/mol. The van der Waals surface area contributed by atoms with E-state index in [1.807, 2.05) is 6.07 Å². The van der Waals surface area contributed by atoms with E-state index in [2.05, 4.69) is 73.8 Å². The molecule has 0 amide bonds. The molecular formula is C33H37FN6O4S. The zero-order chi connectivity index (χ0) is 32.2. The molecule has 0 saturated carbocycles. The molecule has 3 N–H and O–H groups in total. The molecule has 5 aromatic rings. The maximum Gasteiger partial charge on any atom is 0.290 e. The first-order valence-corrected chi connectivity index (χ1v) is 16.1. The van der Waals surface area contributed by atoms with Crippen LogP contribution in [0.25, 0.3) is 22.2 Å². The fourth-order valence-corrected chi connectivity index (χ4v) is 5.95. The number of benzene rings is 3. The van der Waals surface area contributed by atoms with Crippen molar-refractivity contribution in [2.24, 2.45) is 0 Å². The summed E-state index contributed by atoms with van der Waals surface area (Å²) >= 11 is 0. The van der Waals surface area contributed by atoms with Gasteiger partial charge in [0.2, 0.25) is 0 Å². The zero-order valence-electron chi connectivity index (χ0n) is 25.2. The van der Waals surface area contributed by atoms with Crippen LogP contribution >= 0.6 is 0 Å². The van der Waals surface area contributed by atoms with Gasteiger partial charge >= 0.3 is 0 Å². The second-order valence-corrected chi connectivity index (χ2v) is 11.9. The number of aryl methyl sites for hydroxylation is 1. The number of aromatic nitrogens is 3. The predicted molar refractivity (Wildman–Crippen MR) is 176 cm³/mol. The number of carboxylic acid groups (broad SMARTS) is 1. The third-order valence-electron chi connectivity index (χ3n) is 7.29. The van der Waals surface area contributed by atoms with Gasteiger partial charge in [-0.2, -0.15) is 0 Å². The fraction of sp³-hybridized carbons (Fsp3) is 0.242. The van der Waals surface area contributed by atoms with E-state index in [1.165, 1.54) is 35.8 Å². The lowest BCUT2D eigenvalue weighted by Gasteiger charge is -2.17. The summed E-state index contributed by atoms with van der Waals surface area (Å²) in [6.45, 7) is 8.51. The molecule has 10 nitrogen and oxygen atoms in total. The van der Waals surface area contributed by atoms with Crippen molar-refractivity contribution < 1.29 is 22.7 Å². The number of sulfonamides is 1. The van der Waals surface area contributed by atoms with Crippen molar-refractivity contribution in [3.8, 4) is 11.3 Å². The van der Waals surface area contributed by atoms with Crippen LogP contribution in [0.5, 0.6) is 0 Å². The van der Waals surface area contributed by atoms with Gasteiger partial charge in [-0.05, 0) is 99.2 Å². The van der Waals surface area contributed by atoms with Crippen LogP contribution in [0.2, 0.25) is 0 Å². The van der Waals surface area contributed by atoms with Crippen LogP contribution in [0.1, 0.15) is 26.7 Å². The van der Waals surface area contributed by atoms with Crippen LogP contribution in [0, 0.1) is 5.82 Å². The lowest BCUT2D eigenvalue weighted by molar-refractivity contribution is -0.122. The molecule has 0 aliphatic carbocycles. The molecule has 0 saturated heterocycles. The maximum absolute atomic E-state index is 13.2. The van der Waals surface area contributed by atoms with E-state index >= 15 is 0 Å². The number of unbranched alkanes of at least 4 members (excludes halogenated alkanes) is 1. The number of carbonyl (C=O) groups is 1. The smallest absolute Gasteiger partial charge is 0.290 e. The van der Waals surface area contributed by atoms with E-state index < -0.39 is 15.8 Å². The highest BCUT2D eigenvalue weighted by Crippen LogP contribution is 2.27. The van der Waals surface area contributed by atoms with Crippen LogP contribution in [0.15, 0.2) is 96.3 Å². The Kier molecular flexibility index (Phi) is 11.6. The second-order valence-electron chi connectivity index (χ2n) is 10.2. The molecule has 0 fully saturated rings. The molecule has 12 heteroatoms. The van der Waals surface area contributed by atoms with Crippen LogP contribution in [-0.4, -0.2) is 59.1 Å². The Hall–Kier alpha value is -4.81. The second kappa shape index (κ2) is 15.8. The lowest BCUT2D eigenvalue weighted by atomic mass is 10.1. The molecule has 0 bridgehead atoms. The molecule has 2 aromatic heterocycles. The number of nitrogens with one attached hydrogen (secondary N) is 2. The SMILES string of the molecule is CCN(CC)CCCCn1ccc2cc(-c3cc(Nc4ccc(NS(=O)(=O)c5ccc(F)cc5)cc4)ncn3)ccc21.O=CO. The summed E-state index contributed by atoms with van der Waals surface area (Å²) in [5.74, 6) is 0.120. The van der Waals surface area contributed by atoms with Gasteiger partial charge in [-0.3, -0.25) is 9.52 Å². The minimum Gasteiger partial charge on any atom is -0.483 e. The van der Waals surface area contributed by atoms with Crippen LogP contribution in [-0.2, 0) is 21.4 Å². The number of hydrogen-bond acceptors (Lipinski definition) is 7. The molecule has 0 spiro atoms. The van der Waals surface area contributed by atoms with Crippen molar-refractivity contribution >= 4 is 44.6 Å². The molecule has 236 valence electrons. The minimum atomic E-state index is -3.82. The molecule has 0 atom stereocenters. The van der Waals surface area contributed by atoms with Crippen molar-refractivity contribution in [1.82, 2.24) is 19.4 Å². The molecule has 0 aliphatic rings. The van der Waals surface area contributed by atoms with E-state index in [9.17, 15) is 12.8 Å². The molecule has 5 rings (SSSR count). The van der Waals surface area contributed by atoms with Crippen molar-refractivity contribution in [2.45, 2.75) is 38.1 Å². The Bertz CT molecular complexity index is 1790. The summed E-state index contributed by atoms with van der Waals surface area (Å²) in [6.07, 6.45) is 6.00. The number of halogens is 1. The summed E-state index contributed by atoms with van der Waals surface area (Å²) in [5.41, 5.74) is 4.13. The van der Waals surface area contributed by atoms with Crippen molar-refractivity contribution in [1.29, 1.82) is 0 Å². The highest BCUT2D eigenvalue weighted by Gasteiger charge is 2.14. The Morgan fingerprint density at radius 2 is 1.60 bits per heavy atom. The predicted octanol–water partition coefficient (Wildman–Crippen LogP) is 6.60. The maximum atomic E-state index is 13.2. The van der Waals surface area contributed by atoms with Crippen molar-refractivity contribution in [2.75, 3.05) is 29.7 Å². The van der Waals surface area contributed by atoms with Crippen molar-refractivity contribution in [3.63, 3.8) is 0 Å². The number of anilines is 3. The van der Waals surface area contributed by atoms with Gasteiger partial charge in [0.05, 0.1) is 10.6 Å². The average molecular weight is 633 g/mol. The van der Waals surface area contributed by atoms with E-state index in [4.69, 9.17) is 9.90 Å².